The number of hydrogen-bond acceptors (Lipinski definition) is 5. The van der Waals surface area contributed by atoms with Gasteiger partial charge in [0.15, 0.2) is 0 Å². The maximum Gasteiger partial charge on any atom is 0.311 e. The number of fused-ring (bicyclic) bond motifs is 1. The second-order valence-corrected chi connectivity index (χ2v) is 10.1. The van der Waals surface area contributed by atoms with Crippen molar-refractivity contribution in [2.24, 2.45) is 0 Å². The van der Waals surface area contributed by atoms with Gasteiger partial charge in [-0.3, -0.25) is 4.79 Å². The Morgan fingerprint density at radius 2 is 1.92 bits per heavy atom. The van der Waals surface area contributed by atoms with Gasteiger partial charge in [0.05, 0.1) is 22.8 Å². The normalized spacial score (nSPS) is 23.1. The molecule has 6 rings (SSSR count). The topological polar surface area (TPSA) is 76.9 Å². The molecule has 0 spiro atoms. The largest absolute Gasteiger partial charge is 0.311 e. The van der Waals surface area contributed by atoms with Crippen molar-refractivity contribution in [3.05, 3.63) is 100.0 Å². The zero-order chi connectivity index (χ0) is 25.6. The number of benzene rings is 2. The van der Waals surface area contributed by atoms with Gasteiger partial charge >= 0.3 is 5.91 Å². The molecule has 1 saturated heterocycles. The van der Waals surface area contributed by atoms with Gasteiger partial charge in [0.25, 0.3) is 5.56 Å². The molecule has 8 heteroatoms. The van der Waals surface area contributed by atoms with Crippen molar-refractivity contribution in [1.29, 1.82) is 0 Å². The molecule has 0 saturated carbocycles. The van der Waals surface area contributed by atoms with E-state index in [1.165, 1.54) is 10.8 Å². The van der Waals surface area contributed by atoms with E-state index in [2.05, 4.69) is 34.6 Å². The zero-order valence-corrected chi connectivity index (χ0v) is 21.2. The molecular formula is C29H27ClN5O2+. The van der Waals surface area contributed by atoms with Gasteiger partial charge in [-0.1, -0.05) is 48.0 Å². The van der Waals surface area contributed by atoms with E-state index in [1.807, 2.05) is 30.3 Å². The SMILES string of the molecule is CC(=O)[N+]1([C@@H]2CCNC2)CC=CC1c1ccc(-c2nc3ccccc3c(=O)n2-c2ccc(Cl)cn2)cc1. The quantitative estimate of drug-likeness (QED) is 0.323. The minimum Gasteiger partial charge on any atom is -0.311 e. The van der Waals surface area contributed by atoms with E-state index in [1.54, 1.807) is 25.1 Å². The van der Waals surface area contributed by atoms with Crippen LogP contribution < -0.4 is 10.9 Å². The van der Waals surface area contributed by atoms with Gasteiger partial charge in [0.2, 0.25) is 0 Å². The van der Waals surface area contributed by atoms with E-state index < -0.39 is 0 Å². The van der Waals surface area contributed by atoms with Crippen molar-refractivity contribution < 1.29 is 9.28 Å². The number of carbonyl (C=O) groups excluding carboxylic acids is 1. The number of rotatable bonds is 4. The summed E-state index contributed by atoms with van der Waals surface area (Å²) < 4.78 is 1.95. The number of nitrogens with one attached hydrogen (secondary N) is 1. The minimum atomic E-state index is -0.195. The van der Waals surface area contributed by atoms with Gasteiger partial charge in [-0.2, -0.15) is 0 Å². The first-order valence-corrected chi connectivity index (χ1v) is 12.9. The number of amides is 1. The van der Waals surface area contributed by atoms with Gasteiger partial charge in [0.1, 0.15) is 30.3 Å². The second-order valence-electron chi connectivity index (χ2n) is 9.70. The average molecular weight is 513 g/mol. The summed E-state index contributed by atoms with van der Waals surface area (Å²) in [7, 11) is 0. The van der Waals surface area contributed by atoms with E-state index in [0.29, 0.717) is 38.6 Å². The first-order valence-electron chi connectivity index (χ1n) is 12.5. The number of hydrogen-bond donors (Lipinski definition) is 1. The maximum atomic E-state index is 13.6. The fraction of sp³-hybridized carbons (Fsp3) is 0.241. The lowest BCUT2D eigenvalue weighted by molar-refractivity contribution is -0.889. The molecule has 1 N–H and O–H groups in total. The highest BCUT2D eigenvalue weighted by Crippen LogP contribution is 2.40. The number of pyridine rings is 1. The Labute approximate surface area is 219 Å². The molecule has 0 aliphatic carbocycles. The standard InChI is InChI=1S/C29H27ClN5O2/c1-19(36)35(23-14-15-31-18-23)16-4-7-26(35)20-8-10-21(11-9-20)28-33-25-6-3-2-5-24(25)29(37)34(28)27-13-12-22(30)17-32-27/h2-13,17,23,26,31H,14-16,18H2,1H3/q+1/t23-,26?,35?/m1/s1. The van der Waals surface area contributed by atoms with Crippen LogP contribution in [-0.4, -0.2) is 50.6 Å². The van der Waals surface area contributed by atoms with E-state index >= 15 is 0 Å². The second kappa shape index (κ2) is 9.34. The summed E-state index contributed by atoms with van der Waals surface area (Å²) in [6, 6.07) is 19.0. The summed E-state index contributed by atoms with van der Waals surface area (Å²) >= 11 is 6.06. The lowest BCUT2D eigenvalue weighted by Crippen LogP contribution is -2.58. The predicted octanol–water partition coefficient (Wildman–Crippen LogP) is 4.44. The Morgan fingerprint density at radius 3 is 2.62 bits per heavy atom. The van der Waals surface area contributed by atoms with Crippen molar-refractivity contribution in [2.45, 2.75) is 25.4 Å². The van der Waals surface area contributed by atoms with Crippen LogP contribution in [0.25, 0.3) is 28.1 Å². The Balaban J connectivity index is 1.46. The van der Waals surface area contributed by atoms with E-state index in [9.17, 15) is 9.59 Å². The van der Waals surface area contributed by atoms with Crippen LogP contribution in [0.5, 0.6) is 0 Å². The van der Waals surface area contributed by atoms with E-state index in [4.69, 9.17) is 16.6 Å². The molecule has 3 atom stereocenters. The molecule has 2 aromatic heterocycles. The summed E-state index contributed by atoms with van der Waals surface area (Å²) in [6.07, 6.45) is 6.80. The van der Waals surface area contributed by atoms with Crippen molar-refractivity contribution in [2.75, 3.05) is 19.6 Å². The molecule has 7 nitrogen and oxygen atoms in total. The molecule has 2 aliphatic rings. The van der Waals surface area contributed by atoms with Crippen LogP contribution in [0.1, 0.15) is 24.9 Å². The summed E-state index contributed by atoms with van der Waals surface area (Å²) in [5.41, 5.74) is 2.28. The molecule has 1 amide bonds. The highest BCUT2D eigenvalue weighted by Gasteiger charge is 2.50. The van der Waals surface area contributed by atoms with Crippen LogP contribution in [0.15, 0.2) is 83.8 Å². The number of halogens is 1. The molecule has 2 unspecified atom stereocenters. The summed E-state index contributed by atoms with van der Waals surface area (Å²) in [4.78, 5) is 35.9. The molecule has 37 heavy (non-hydrogen) atoms. The summed E-state index contributed by atoms with van der Waals surface area (Å²) in [5.74, 6) is 1.14. The fourth-order valence-corrected chi connectivity index (χ4v) is 5.98. The first-order chi connectivity index (χ1) is 18.0. The van der Waals surface area contributed by atoms with Crippen LogP contribution in [-0.2, 0) is 4.79 Å². The van der Waals surface area contributed by atoms with E-state index in [-0.39, 0.29) is 23.6 Å². The smallest absolute Gasteiger partial charge is 0.311 e. The number of nitrogens with zero attached hydrogens (tertiary/aromatic N) is 4. The molecule has 4 aromatic rings. The lowest BCUT2D eigenvalue weighted by Gasteiger charge is -2.41. The van der Waals surface area contributed by atoms with Crippen LogP contribution >= 0.6 is 11.6 Å². The maximum absolute atomic E-state index is 13.6. The van der Waals surface area contributed by atoms with Gasteiger partial charge < -0.3 is 5.32 Å². The van der Waals surface area contributed by atoms with Crippen molar-refractivity contribution in [1.82, 2.24) is 19.9 Å². The zero-order valence-electron chi connectivity index (χ0n) is 20.5. The van der Waals surface area contributed by atoms with Crippen LogP contribution in [0, 0.1) is 0 Å². The molecule has 2 aromatic carbocycles. The molecule has 186 valence electrons. The average Bonchev–Trinajstić information content (AvgIpc) is 3.61. The molecule has 0 radical (unpaired) electrons. The highest BCUT2D eigenvalue weighted by molar-refractivity contribution is 6.30. The fourth-order valence-electron chi connectivity index (χ4n) is 5.87. The summed E-state index contributed by atoms with van der Waals surface area (Å²) in [5, 5.41) is 4.44. The van der Waals surface area contributed by atoms with Crippen LogP contribution in [0.4, 0.5) is 0 Å². The monoisotopic (exact) mass is 512 g/mol. The Hall–Kier alpha value is -3.65. The molecule has 0 bridgehead atoms. The predicted molar refractivity (Wildman–Crippen MR) is 145 cm³/mol. The van der Waals surface area contributed by atoms with Gasteiger partial charge in [0, 0.05) is 36.8 Å². The summed E-state index contributed by atoms with van der Waals surface area (Å²) in [6.45, 7) is 4.20. The molecule has 1 fully saturated rings. The number of para-hydroxylation sites is 1. The van der Waals surface area contributed by atoms with Crippen molar-refractivity contribution >= 4 is 28.4 Å². The van der Waals surface area contributed by atoms with Gasteiger partial charge in [-0.05, 0) is 36.4 Å². The number of quaternary nitrogens is 1. The highest BCUT2D eigenvalue weighted by atomic mass is 35.5. The van der Waals surface area contributed by atoms with Crippen LogP contribution in [0.3, 0.4) is 0 Å². The number of aromatic nitrogens is 3. The lowest BCUT2D eigenvalue weighted by atomic mass is 9.99. The Bertz CT molecular complexity index is 1570. The number of carbonyl (C=O) groups is 1. The van der Waals surface area contributed by atoms with Crippen molar-refractivity contribution in [3.8, 4) is 17.2 Å². The third-order valence-electron chi connectivity index (χ3n) is 7.72. The molecule has 2 aliphatic heterocycles. The van der Waals surface area contributed by atoms with Crippen LogP contribution in [0.2, 0.25) is 5.02 Å². The minimum absolute atomic E-state index is 0.0406. The van der Waals surface area contributed by atoms with Gasteiger partial charge in [-0.25, -0.2) is 23.8 Å². The van der Waals surface area contributed by atoms with Gasteiger partial charge in [-0.15, -0.1) is 0 Å². The Morgan fingerprint density at radius 1 is 1.11 bits per heavy atom. The molecule has 4 heterocycles. The van der Waals surface area contributed by atoms with Crippen molar-refractivity contribution in [3.63, 3.8) is 0 Å². The van der Waals surface area contributed by atoms with E-state index in [0.717, 1.165) is 30.6 Å². The first kappa shape index (κ1) is 23.7. The third kappa shape index (κ3) is 3.91. The third-order valence-corrected chi connectivity index (χ3v) is 7.94. The Kier molecular flexibility index (Phi) is 5.99. The molecular weight excluding hydrogens is 486 g/mol.